The fourth-order valence-electron chi connectivity index (χ4n) is 1.46. The number of carboxylic acid groups (broad SMARTS) is 1. The lowest BCUT2D eigenvalue weighted by molar-refractivity contribution is 0.0694. The Balaban J connectivity index is 2.37. The molecule has 0 atom stereocenters. The summed E-state index contributed by atoms with van der Waals surface area (Å²) in [5, 5.41) is 9.06. The Hall–Kier alpha value is -2.01. The van der Waals surface area contributed by atoms with Gasteiger partial charge >= 0.3 is 5.97 Å². The average Bonchev–Trinajstić information content (AvgIpc) is 2.40. The van der Waals surface area contributed by atoms with Crippen LogP contribution in [0.2, 0.25) is 0 Å². The highest BCUT2D eigenvalue weighted by molar-refractivity contribution is 7.98. The summed E-state index contributed by atoms with van der Waals surface area (Å²) in [6.45, 7) is 0. The van der Waals surface area contributed by atoms with E-state index in [1.807, 2.05) is 24.5 Å². The van der Waals surface area contributed by atoms with Crippen LogP contribution in [0.15, 0.2) is 47.6 Å². The Labute approximate surface area is 109 Å². The number of aromatic carboxylic acids is 1. The van der Waals surface area contributed by atoms with Crippen molar-refractivity contribution < 1.29 is 14.6 Å². The monoisotopic (exact) mass is 261 g/mol. The zero-order chi connectivity index (χ0) is 13.0. The molecule has 0 amide bonds. The molecule has 92 valence electrons. The largest absolute Gasteiger partial charge is 0.478 e. The summed E-state index contributed by atoms with van der Waals surface area (Å²) < 4.78 is 5.63. The molecule has 1 heterocycles. The van der Waals surface area contributed by atoms with Crippen LogP contribution in [0.1, 0.15) is 10.4 Å². The third-order valence-electron chi connectivity index (χ3n) is 2.30. The number of hydrogen-bond donors (Lipinski definition) is 1. The minimum Gasteiger partial charge on any atom is -0.478 e. The number of rotatable bonds is 4. The fourth-order valence-corrected chi connectivity index (χ4v) is 1.99. The maximum atomic E-state index is 11.1. The maximum absolute atomic E-state index is 11.1. The second-order valence-corrected chi connectivity index (χ2v) is 4.28. The van der Waals surface area contributed by atoms with Crippen molar-refractivity contribution in [1.29, 1.82) is 0 Å². The van der Waals surface area contributed by atoms with E-state index in [1.54, 1.807) is 6.07 Å². The number of aromatic nitrogens is 1. The summed E-state index contributed by atoms with van der Waals surface area (Å²) in [6.07, 6.45) is 4.76. The van der Waals surface area contributed by atoms with Crippen molar-refractivity contribution in [3.05, 3.63) is 48.3 Å². The number of pyridine rings is 1. The average molecular weight is 261 g/mol. The predicted molar refractivity (Wildman–Crippen MR) is 69.5 cm³/mol. The summed E-state index contributed by atoms with van der Waals surface area (Å²) in [7, 11) is 0. The zero-order valence-corrected chi connectivity index (χ0v) is 10.5. The molecule has 1 N–H and O–H groups in total. The third kappa shape index (κ3) is 2.62. The van der Waals surface area contributed by atoms with Crippen molar-refractivity contribution >= 4 is 17.7 Å². The van der Waals surface area contributed by atoms with E-state index in [-0.39, 0.29) is 11.3 Å². The number of carbonyl (C=O) groups is 1. The molecule has 0 saturated carbocycles. The van der Waals surface area contributed by atoms with Gasteiger partial charge in [-0.15, -0.1) is 11.8 Å². The molecular formula is C13H11NO3S. The van der Waals surface area contributed by atoms with E-state index < -0.39 is 5.97 Å². The number of hydrogen-bond acceptors (Lipinski definition) is 4. The van der Waals surface area contributed by atoms with Gasteiger partial charge in [-0.05, 0) is 24.5 Å². The molecule has 0 aliphatic rings. The van der Waals surface area contributed by atoms with Crippen molar-refractivity contribution in [2.75, 3.05) is 6.26 Å². The highest BCUT2D eigenvalue weighted by Gasteiger charge is 2.12. The number of para-hydroxylation sites is 1. The molecule has 0 bridgehead atoms. The second-order valence-electron chi connectivity index (χ2n) is 3.43. The summed E-state index contributed by atoms with van der Waals surface area (Å²) in [6, 6.07) is 8.87. The SMILES string of the molecule is CSc1ccccc1Oc1cnccc1C(=O)O. The van der Waals surface area contributed by atoms with Gasteiger partial charge in [-0.1, -0.05) is 12.1 Å². The minimum absolute atomic E-state index is 0.0981. The Morgan fingerprint density at radius 1 is 1.28 bits per heavy atom. The van der Waals surface area contributed by atoms with Crippen LogP contribution < -0.4 is 4.74 Å². The van der Waals surface area contributed by atoms with E-state index in [2.05, 4.69) is 4.98 Å². The van der Waals surface area contributed by atoms with E-state index in [1.165, 1.54) is 30.2 Å². The van der Waals surface area contributed by atoms with Gasteiger partial charge in [0, 0.05) is 11.1 Å². The van der Waals surface area contributed by atoms with Gasteiger partial charge in [0.15, 0.2) is 5.75 Å². The molecule has 1 aromatic carbocycles. The maximum Gasteiger partial charge on any atom is 0.339 e. The molecule has 2 aromatic rings. The molecule has 1 aromatic heterocycles. The molecule has 2 rings (SSSR count). The number of ether oxygens (including phenoxy) is 1. The molecule has 18 heavy (non-hydrogen) atoms. The summed E-state index contributed by atoms with van der Waals surface area (Å²) >= 11 is 1.54. The van der Waals surface area contributed by atoms with E-state index in [4.69, 9.17) is 9.84 Å². The van der Waals surface area contributed by atoms with Crippen LogP contribution in [0.4, 0.5) is 0 Å². The van der Waals surface area contributed by atoms with E-state index in [9.17, 15) is 4.79 Å². The number of carboxylic acids is 1. The molecule has 0 unspecified atom stereocenters. The number of nitrogens with zero attached hydrogens (tertiary/aromatic N) is 1. The Kier molecular flexibility index (Phi) is 3.84. The first-order valence-electron chi connectivity index (χ1n) is 5.20. The first-order valence-corrected chi connectivity index (χ1v) is 6.43. The predicted octanol–water partition coefficient (Wildman–Crippen LogP) is 3.29. The van der Waals surface area contributed by atoms with E-state index in [0.29, 0.717) is 5.75 Å². The van der Waals surface area contributed by atoms with Gasteiger partial charge in [-0.2, -0.15) is 0 Å². The van der Waals surface area contributed by atoms with Crippen LogP contribution in [0.3, 0.4) is 0 Å². The van der Waals surface area contributed by atoms with Crippen LogP contribution in [-0.2, 0) is 0 Å². The molecule has 0 radical (unpaired) electrons. The molecule has 0 saturated heterocycles. The van der Waals surface area contributed by atoms with Crippen LogP contribution in [0, 0.1) is 0 Å². The number of thioether (sulfide) groups is 1. The van der Waals surface area contributed by atoms with Crippen molar-refractivity contribution in [2.45, 2.75) is 4.90 Å². The fraction of sp³-hybridized carbons (Fsp3) is 0.0769. The Morgan fingerprint density at radius 3 is 2.78 bits per heavy atom. The van der Waals surface area contributed by atoms with Crippen molar-refractivity contribution in [2.24, 2.45) is 0 Å². The normalized spacial score (nSPS) is 10.1. The van der Waals surface area contributed by atoms with Gasteiger partial charge < -0.3 is 9.84 Å². The first kappa shape index (κ1) is 12.4. The van der Waals surface area contributed by atoms with Crippen molar-refractivity contribution in [1.82, 2.24) is 4.98 Å². The van der Waals surface area contributed by atoms with Gasteiger partial charge in [0.2, 0.25) is 0 Å². The van der Waals surface area contributed by atoms with Crippen LogP contribution >= 0.6 is 11.8 Å². The van der Waals surface area contributed by atoms with Crippen molar-refractivity contribution in [3.8, 4) is 11.5 Å². The Bertz CT molecular complexity index is 572. The van der Waals surface area contributed by atoms with Gasteiger partial charge in [-0.25, -0.2) is 4.79 Å². The lowest BCUT2D eigenvalue weighted by Gasteiger charge is -2.10. The zero-order valence-electron chi connectivity index (χ0n) is 9.66. The highest BCUT2D eigenvalue weighted by Crippen LogP contribution is 2.32. The van der Waals surface area contributed by atoms with E-state index >= 15 is 0 Å². The topological polar surface area (TPSA) is 59.4 Å². The van der Waals surface area contributed by atoms with Crippen LogP contribution in [0.25, 0.3) is 0 Å². The smallest absolute Gasteiger partial charge is 0.339 e. The molecule has 0 spiro atoms. The summed E-state index contributed by atoms with van der Waals surface area (Å²) in [4.78, 5) is 15.9. The van der Waals surface area contributed by atoms with Gasteiger partial charge in [0.25, 0.3) is 0 Å². The van der Waals surface area contributed by atoms with Crippen LogP contribution in [0.5, 0.6) is 11.5 Å². The third-order valence-corrected chi connectivity index (χ3v) is 3.08. The van der Waals surface area contributed by atoms with Gasteiger partial charge in [0.1, 0.15) is 11.3 Å². The van der Waals surface area contributed by atoms with Crippen LogP contribution in [-0.4, -0.2) is 22.3 Å². The molecule has 5 heteroatoms. The lowest BCUT2D eigenvalue weighted by Crippen LogP contribution is -2.00. The molecule has 0 aliphatic carbocycles. The molecule has 0 aliphatic heterocycles. The van der Waals surface area contributed by atoms with Gasteiger partial charge in [0.05, 0.1) is 6.20 Å². The van der Waals surface area contributed by atoms with E-state index in [0.717, 1.165) is 4.90 Å². The minimum atomic E-state index is -1.03. The lowest BCUT2D eigenvalue weighted by atomic mass is 10.2. The number of benzene rings is 1. The summed E-state index contributed by atoms with van der Waals surface area (Å²) in [5.74, 6) is -0.166. The first-order chi connectivity index (χ1) is 8.72. The standard InChI is InChI=1S/C13H11NO3S/c1-18-12-5-3-2-4-10(12)17-11-8-14-7-6-9(11)13(15)16/h2-8H,1H3,(H,15,16). The molecular weight excluding hydrogens is 250 g/mol. The quantitative estimate of drug-likeness (QED) is 0.856. The van der Waals surface area contributed by atoms with Gasteiger partial charge in [-0.3, -0.25) is 4.98 Å². The molecule has 0 fully saturated rings. The van der Waals surface area contributed by atoms with Crippen molar-refractivity contribution in [3.63, 3.8) is 0 Å². The highest BCUT2D eigenvalue weighted by atomic mass is 32.2. The second kappa shape index (κ2) is 5.55. The molecule has 4 nitrogen and oxygen atoms in total. The Morgan fingerprint density at radius 2 is 2.06 bits per heavy atom. The summed E-state index contributed by atoms with van der Waals surface area (Å²) in [5.41, 5.74) is 0.0981.